The summed E-state index contributed by atoms with van der Waals surface area (Å²) in [7, 11) is 1.59. The van der Waals surface area contributed by atoms with Gasteiger partial charge in [0.1, 0.15) is 18.1 Å². The summed E-state index contributed by atoms with van der Waals surface area (Å²) in [5, 5.41) is 9.73. The SMILES string of the molecule is COc1cccc(C(=N)COc2ccc(CC3SC(=O)NC3=O)cc2)c1. The van der Waals surface area contributed by atoms with Crippen LogP contribution in [0.25, 0.3) is 0 Å². The molecule has 1 saturated heterocycles. The van der Waals surface area contributed by atoms with E-state index in [1.54, 1.807) is 25.3 Å². The highest BCUT2D eigenvalue weighted by Gasteiger charge is 2.31. The Hall–Kier alpha value is -2.80. The maximum absolute atomic E-state index is 11.6. The average Bonchev–Trinajstić information content (AvgIpc) is 2.97. The van der Waals surface area contributed by atoms with Gasteiger partial charge in [-0.15, -0.1) is 0 Å². The normalized spacial score (nSPS) is 16.3. The molecule has 6 nitrogen and oxygen atoms in total. The lowest BCUT2D eigenvalue weighted by atomic mass is 10.1. The van der Waals surface area contributed by atoms with Gasteiger partial charge >= 0.3 is 0 Å². The number of ether oxygens (including phenoxy) is 2. The van der Waals surface area contributed by atoms with Crippen LogP contribution in [0.4, 0.5) is 4.79 Å². The lowest BCUT2D eigenvalue weighted by Gasteiger charge is -2.10. The van der Waals surface area contributed by atoms with E-state index in [1.807, 2.05) is 30.3 Å². The Labute approximate surface area is 155 Å². The summed E-state index contributed by atoms with van der Waals surface area (Å²) in [5.41, 5.74) is 2.04. The standard InChI is InChI=1S/C19H18N2O4S/c1-24-15-4-2-3-13(10-15)16(20)11-25-14-7-5-12(6-8-14)9-17-18(22)21-19(23)26-17/h2-8,10,17,20H,9,11H2,1H3,(H,21,22,23). The molecule has 2 aromatic carbocycles. The van der Waals surface area contributed by atoms with Crippen molar-refractivity contribution in [3.63, 3.8) is 0 Å². The van der Waals surface area contributed by atoms with Crippen molar-refractivity contribution in [1.29, 1.82) is 5.41 Å². The zero-order valence-corrected chi connectivity index (χ0v) is 15.0. The fourth-order valence-electron chi connectivity index (χ4n) is 2.51. The highest BCUT2D eigenvalue weighted by atomic mass is 32.2. The summed E-state index contributed by atoms with van der Waals surface area (Å²) in [5.74, 6) is 1.09. The summed E-state index contributed by atoms with van der Waals surface area (Å²) < 4.78 is 10.8. The van der Waals surface area contributed by atoms with Gasteiger partial charge in [0.2, 0.25) is 5.91 Å². The predicted molar refractivity (Wildman–Crippen MR) is 100 cm³/mol. The Morgan fingerprint density at radius 1 is 1.15 bits per heavy atom. The lowest BCUT2D eigenvalue weighted by molar-refractivity contribution is -0.118. The van der Waals surface area contributed by atoms with Crippen LogP contribution in [0.2, 0.25) is 0 Å². The third-order valence-electron chi connectivity index (χ3n) is 3.91. The maximum atomic E-state index is 11.6. The van der Waals surface area contributed by atoms with Gasteiger partial charge in [-0.05, 0) is 36.2 Å². The number of methoxy groups -OCH3 is 1. The monoisotopic (exact) mass is 370 g/mol. The minimum atomic E-state index is -0.379. The van der Waals surface area contributed by atoms with E-state index >= 15 is 0 Å². The van der Waals surface area contributed by atoms with E-state index in [1.165, 1.54) is 0 Å². The molecule has 26 heavy (non-hydrogen) atoms. The summed E-state index contributed by atoms with van der Waals surface area (Å²) in [6, 6.07) is 14.6. The lowest BCUT2D eigenvalue weighted by Crippen LogP contribution is -2.25. The summed E-state index contributed by atoms with van der Waals surface area (Å²) in [6.07, 6.45) is 0.488. The molecule has 7 heteroatoms. The highest BCUT2D eigenvalue weighted by Crippen LogP contribution is 2.24. The van der Waals surface area contributed by atoms with Crippen molar-refractivity contribution in [2.75, 3.05) is 13.7 Å². The van der Waals surface area contributed by atoms with Gasteiger partial charge in [-0.25, -0.2) is 0 Å². The fourth-order valence-corrected chi connectivity index (χ4v) is 3.37. The predicted octanol–water partition coefficient (Wildman–Crippen LogP) is 3.04. The molecule has 0 saturated carbocycles. The van der Waals surface area contributed by atoms with E-state index in [0.717, 1.165) is 22.9 Å². The molecule has 0 aliphatic carbocycles. The van der Waals surface area contributed by atoms with Crippen molar-refractivity contribution in [1.82, 2.24) is 5.32 Å². The average molecular weight is 370 g/mol. The van der Waals surface area contributed by atoms with Gasteiger partial charge in [0.15, 0.2) is 0 Å². The minimum Gasteiger partial charge on any atom is -0.497 e. The van der Waals surface area contributed by atoms with E-state index in [9.17, 15) is 9.59 Å². The molecule has 2 N–H and O–H groups in total. The smallest absolute Gasteiger partial charge is 0.286 e. The maximum Gasteiger partial charge on any atom is 0.286 e. The zero-order valence-electron chi connectivity index (χ0n) is 14.2. The molecule has 1 heterocycles. The second-order valence-electron chi connectivity index (χ2n) is 5.73. The number of hydrogen-bond donors (Lipinski definition) is 2. The number of nitrogens with one attached hydrogen (secondary N) is 2. The number of benzene rings is 2. The fraction of sp³-hybridized carbons (Fsp3) is 0.211. The van der Waals surface area contributed by atoms with Gasteiger partial charge < -0.3 is 14.9 Å². The molecular weight excluding hydrogens is 352 g/mol. The van der Waals surface area contributed by atoms with E-state index < -0.39 is 0 Å². The van der Waals surface area contributed by atoms with Gasteiger partial charge in [0.05, 0.1) is 18.1 Å². The first-order valence-corrected chi connectivity index (χ1v) is 8.88. The van der Waals surface area contributed by atoms with Crippen LogP contribution in [0, 0.1) is 5.41 Å². The quantitative estimate of drug-likeness (QED) is 0.732. The number of hydrogen-bond acceptors (Lipinski definition) is 6. The minimum absolute atomic E-state index is 0.141. The molecule has 0 spiro atoms. The molecule has 0 bridgehead atoms. The van der Waals surface area contributed by atoms with Crippen molar-refractivity contribution in [2.45, 2.75) is 11.7 Å². The number of imide groups is 1. The summed E-state index contributed by atoms with van der Waals surface area (Å²) in [4.78, 5) is 22.8. The van der Waals surface area contributed by atoms with Gasteiger partial charge in [0, 0.05) is 5.56 Å². The van der Waals surface area contributed by atoms with Crippen molar-refractivity contribution in [3.05, 3.63) is 59.7 Å². The Kier molecular flexibility index (Phi) is 5.58. The van der Waals surface area contributed by atoms with Crippen LogP contribution in [-0.4, -0.2) is 35.8 Å². The van der Waals surface area contributed by atoms with Crippen LogP contribution in [-0.2, 0) is 11.2 Å². The number of thioether (sulfide) groups is 1. The van der Waals surface area contributed by atoms with Crippen molar-refractivity contribution >= 4 is 28.6 Å². The summed E-state index contributed by atoms with van der Waals surface area (Å²) in [6.45, 7) is 0.141. The zero-order chi connectivity index (χ0) is 18.5. The van der Waals surface area contributed by atoms with Crippen LogP contribution in [0.3, 0.4) is 0 Å². The van der Waals surface area contributed by atoms with E-state index in [4.69, 9.17) is 14.9 Å². The molecule has 3 rings (SSSR count). The Bertz CT molecular complexity index is 836. The third kappa shape index (κ3) is 4.43. The van der Waals surface area contributed by atoms with Gasteiger partial charge in [0.25, 0.3) is 5.24 Å². The number of amides is 2. The molecule has 1 aliphatic heterocycles. The molecule has 134 valence electrons. The van der Waals surface area contributed by atoms with Crippen molar-refractivity contribution < 1.29 is 19.1 Å². The largest absolute Gasteiger partial charge is 0.497 e. The first-order chi connectivity index (χ1) is 12.5. The molecule has 2 aromatic rings. The van der Waals surface area contributed by atoms with E-state index in [0.29, 0.717) is 23.6 Å². The number of carbonyl (C=O) groups is 2. The van der Waals surface area contributed by atoms with Crippen LogP contribution < -0.4 is 14.8 Å². The van der Waals surface area contributed by atoms with Crippen LogP contribution in [0.5, 0.6) is 11.5 Å². The molecule has 1 aliphatic rings. The van der Waals surface area contributed by atoms with Crippen LogP contribution in [0.1, 0.15) is 11.1 Å². The molecular formula is C19H18N2O4S. The topological polar surface area (TPSA) is 88.5 Å². The van der Waals surface area contributed by atoms with Gasteiger partial charge in [-0.1, -0.05) is 36.0 Å². The highest BCUT2D eigenvalue weighted by molar-refractivity contribution is 8.15. The summed E-state index contributed by atoms with van der Waals surface area (Å²) >= 11 is 1.02. The number of carbonyl (C=O) groups excluding carboxylic acids is 2. The van der Waals surface area contributed by atoms with Gasteiger partial charge in [-0.2, -0.15) is 0 Å². The Balaban J connectivity index is 1.55. The second-order valence-corrected chi connectivity index (χ2v) is 6.91. The first kappa shape index (κ1) is 18.0. The molecule has 2 amide bonds. The number of rotatable bonds is 7. The Morgan fingerprint density at radius 3 is 2.58 bits per heavy atom. The van der Waals surface area contributed by atoms with Crippen LogP contribution in [0.15, 0.2) is 48.5 Å². The van der Waals surface area contributed by atoms with E-state index in [2.05, 4.69) is 5.32 Å². The van der Waals surface area contributed by atoms with Crippen molar-refractivity contribution in [2.24, 2.45) is 0 Å². The Morgan fingerprint density at radius 2 is 1.92 bits per heavy atom. The second kappa shape index (κ2) is 8.05. The third-order valence-corrected chi connectivity index (χ3v) is 4.89. The van der Waals surface area contributed by atoms with Crippen molar-refractivity contribution in [3.8, 4) is 11.5 Å². The molecule has 0 radical (unpaired) electrons. The molecule has 1 unspecified atom stereocenters. The van der Waals surface area contributed by atoms with Crippen LogP contribution >= 0.6 is 11.8 Å². The molecule has 0 aromatic heterocycles. The first-order valence-electron chi connectivity index (χ1n) is 8.00. The molecule has 1 fully saturated rings. The van der Waals surface area contributed by atoms with Gasteiger partial charge in [-0.3, -0.25) is 14.9 Å². The van der Waals surface area contributed by atoms with E-state index in [-0.39, 0.29) is 23.0 Å². The molecule has 1 atom stereocenters.